The van der Waals surface area contributed by atoms with Gasteiger partial charge in [-0.05, 0) is 12.5 Å². The number of benzene rings is 1. The second kappa shape index (κ2) is 6.43. The highest BCUT2D eigenvalue weighted by molar-refractivity contribution is 5.94. The van der Waals surface area contributed by atoms with Crippen molar-refractivity contribution in [2.24, 2.45) is 13.0 Å². The number of piperidine rings is 1. The van der Waals surface area contributed by atoms with Gasteiger partial charge in [0.25, 0.3) is 0 Å². The summed E-state index contributed by atoms with van der Waals surface area (Å²) in [6.45, 7) is 0. The number of carbonyl (C=O) groups excluding carboxylic acids is 2. The fraction of sp³-hybridized carbons (Fsp3) is 0.353. The molecule has 1 N–H and O–H groups in total. The summed E-state index contributed by atoms with van der Waals surface area (Å²) < 4.78 is 15.8. The van der Waals surface area contributed by atoms with Crippen molar-refractivity contribution < 1.29 is 14.0 Å². The Kier molecular flexibility index (Phi) is 4.33. The van der Waals surface area contributed by atoms with E-state index in [1.165, 1.54) is 11.0 Å². The van der Waals surface area contributed by atoms with Gasteiger partial charge in [0.1, 0.15) is 5.82 Å². The molecule has 0 unspecified atom stereocenters. The van der Waals surface area contributed by atoms with Crippen LogP contribution in [0.3, 0.4) is 0 Å². The molecule has 1 saturated heterocycles. The maximum absolute atomic E-state index is 14.3. The number of hydrogen-bond acceptors (Lipinski definition) is 3. The first-order chi connectivity index (χ1) is 11.5. The molecule has 2 aromatic rings. The van der Waals surface area contributed by atoms with Crippen LogP contribution in [-0.2, 0) is 16.6 Å². The van der Waals surface area contributed by atoms with Crippen molar-refractivity contribution in [3.05, 3.63) is 48.0 Å². The number of halogens is 1. The molecule has 2 atom stereocenters. The molecule has 1 aliphatic rings. The predicted octanol–water partition coefficient (Wildman–Crippen LogP) is 2.11. The number of hydrogen-bond donors (Lipinski definition) is 1. The zero-order valence-electron chi connectivity index (χ0n) is 13.6. The molecule has 126 valence electrons. The van der Waals surface area contributed by atoms with Crippen LogP contribution < -0.4 is 5.32 Å². The summed E-state index contributed by atoms with van der Waals surface area (Å²) in [6.07, 6.45) is 3.89. The van der Waals surface area contributed by atoms with Gasteiger partial charge in [-0.15, -0.1) is 0 Å². The van der Waals surface area contributed by atoms with Crippen molar-refractivity contribution in [2.45, 2.75) is 18.9 Å². The summed E-state index contributed by atoms with van der Waals surface area (Å²) in [4.78, 5) is 26.3. The minimum Gasteiger partial charge on any atom is -0.338 e. The lowest BCUT2D eigenvalue weighted by atomic mass is 9.83. The largest absolute Gasteiger partial charge is 0.338 e. The van der Waals surface area contributed by atoms with E-state index in [2.05, 4.69) is 10.4 Å². The average molecular weight is 330 g/mol. The SMILES string of the molecule is CN1C(=O)CC[C@H](C(=O)Nc2cnn(C)c2)[C@@H]1c1ccccc1F. The topological polar surface area (TPSA) is 67.2 Å². The lowest BCUT2D eigenvalue weighted by Crippen LogP contribution is -2.44. The molecule has 2 heterocycles. The van der Waals surface area contributed by atoms with Gasteiger partial charge in [-0.3, -0.25) is 14.3 Å². The minimum absolute atomic E-state index is 0.0892. The zero-order chi connectivity index (χ0) is 17.3. The van der Waals surface area contributed by atoms with Gasteiger partial charge in [0, 0.05) is 32.3 Å². The molecular weight excluding hydrogens is 311 g/mol. The van der Waals surface area contributed by atoms with Crippen LogP contribution in [0.1, 0.15) is 24.4 Å². The second-order valence-electron chi connectivity index (χ2n) is 6.01. The number of aromatic nitrogens is 2. The van der Waals surface area contributed by atoms with E-state index in [1.54, 1.807) is 49.4 Å². The van der Waals surface area contributed by atoms with Crippen LogP contribution in [-0.4, -0.2) is 33.5 Å². The van der Waals surface area contributed by atoms with Crippen molar-refractivity contribution in [3.8, 4) is 0 Å². The predicted molar refractivity (Wildman–Crippen MR) is 86.5 cm³/mol. The van der Waals surface area contributed by atoms with Gasteiger partial charge >= 0.3 is 0 Å². The molecular formula is C17H19FN4O2. The molecule has 1 aromatic heterocycles. The number of nitrogens with one attached hydrogen (secondary N) is 1. The van der Waals surface area contributed by atoms with Crippen molar-refractivity contribution in [2.75, 3.05) is 12.4 Å². The van der Waals surface area contributed by atoms with Gasteiger partial charge in [0.2, 0.25) is 11.8 Å². The lowest BCUT2D eigenvalue weighted by Gasteiger charge is -2.38. The Morgan fingerprint density at radius 2 is 2.08 bits per heavy atom. The number of aryl methyl sites for hydroxylation is 1. The molecule has 0 aliphatic carbocycles. The van der Waals surface area contributed by atoms with E-state index in [-0.39, 0.29) is 18.2 Å². The molecule has 24 heavy (non-hydrogen) atoms. The summed E-state index contributed by atoms with van der Waals surface area (Å²) in [5.74, 6) is -1.27. The van der Waals surface area contributed by atoms with Crippen LogP contribution in [0, 0.1) is 11.7 Å². The Hall–Kier alpha value is -2.70. The first-order valence-corrected chi connectivity index (χ1v) is 7.77. The molecule has 1 fully saturated rings. The van der Waals surface area contributed by atoms with Crippen molar-refractivity contribution in [1.82, 2.24) is 14.7 Å². The number of nitrogens with zero attached hydrogens (tertiary/aromatic N) is 3. The molecule has 6 nitrogen and oxygen atoms in total. The highest BCUT2D eigenvalue weighted by Crippen LogP contribution is 2.37. The molecule has 1 aliphatic heterocycles. The van der Waals surface area contributed by atoms with E-state index < -0.39 is 17.8 Å². The van der Waals surface area contributed by atoms with Crippen LogP contribution in [0.25, 0.3) is 0 Å². The van der Waals surface area contributed by atoms with Crippen molar-refractivity contribution in [1.29, 1.82) is 0 Å². The average Bonchev–Trinajstić information content (AvgIpc) is 2.95. The molecule has 2 amide bonds. The van der Waals surface area contributed by atoms with Gasteiger partial charge in [0.15, 0.2) is 0 Å². The van der Waals surface area contributed by atoms with Gasteiger partial charge in [-0.25, -0.2) is 4.39 Å². The summed E-state index contributed by atoms with van der Waals surface area (Å²) in [6, 6.07) is 5.65. The fourth-order valence-corrected chi connectivity index (χ4v) is 3.17. The van der Waals surface area contributed by atoms with E-state index in [1.807, 2.05) is 0 Å². The molecule has 1 aromatic carbocycles. The summed E-state index contributed by atoms with van der Waals surface area (Å²) in [5.41, 5.74) is 0.939. The highest BCUT2D eigenvalue weighted by atomic mass is 19.1. The Morgan fingerprint density at radius 3 is 2.75 bits per heavy atom. The molecule has 0 spiro atoms. The first-order valence-electron chi connectivity index (χ1n) is 7.77. The van der Waals surface area contributed by atoms with Crippen molar-refractivity contribution in [3.63, 3.8) is 0 Å². The summed E-state index contributed by atoms with van der Waals surface area (Å²) >= 11 is 0. The molecule has 0 bridgehead atoms. The Bertz CT molecular complexity index is 773. The van der Waals surface area contributed by atoms with Gasteiger partial charge in [-0.1, -0.05) is 18.2 Å². The maximum Gasteiger partial charge on any atom is 0.230 e. The normalized spacial score (nSPS) is 21.0. The van der Waals surface area contributed by atoms with Crippen molar-refractivity contribution >= 4 is 17.5 Å². The quantitative estimate of drug-likeness (QED) is 0.937. The first kappa shape index (κ1) is 16.2. The molecule has 0 radical (unpaired) electrons. The lowest BCUT2D eigenvalue weighted by molar-refractivity contribution is -0.140. The van der Waals surface area contributed by atoms with Gasteiger partial charge in [0.05, 0.1) is 23.8 Å². The van der Waals surface area contributed by atoms with Crippen LogP contribution in [0.15, 0.2) is 36.7 Å². The summed E-state index contributed by atoms with van der Waals surface area (Å²) in [5, 5.41) is 6.81. The van der Waals surface area contributed by atoms with E-state index in [4.69, 9.17) is 0 Å². The monoisotopic (exact) mass is 330 g/mol. The van der Waals surface area contributed by atoms with Crippen LogP contribution in [0.5, 0.6) is 0 Å². The van der Waals surface area contributed by atoms with Crippen LogP contribution in [0.2, 0.25) is 0 Å². The number of rotatable bonds is 3. The van der Waals surface area contributed by atoms with Gasteiger partial charge in [-0.2, -0.15) is 5.10 Å². The smallest absolute Gasteiger partial charge is 0.230 e. The number of carbonyl (C=O) groups is 2. The molecule has 0 saturated carbocycles. The number of anilines is 1. The van der Waals surface area contributed by atoms with Gasteiger partial charge < -0.3 is 10.2 Å². The Labute approximate surface area is 139 Å². The third-order valence-electron chi connectivity index (χ3n) is 4.39. The van der Waals surface area contributed by atoms with E-state index in [9.17, 15) is 14.0 Å². The van der Waals surface area contributed by atoms with E-state index in [0.717, 1.165) is 0 Å². The minimum atomic E-state index is -0.621. The highest BCUT2D eigenvalue weighted by Gasteiger charge is 2.40. The standard InChI is InChI=1S/C17H19FN4O2/c1-21-10-11(9-19-21)20-17(24)13-7-8-15(23)22(2)16(13)12-5-3-4-6-14(12)18/h3-6,9-10,13,16H,7-8H2,1-2H3,(H,20,24)/t13-,16-/m0/s1. The third-order valence-corrected chi connectivity index (χ3v) is 4.39. The number of likely N-dealkylation sites (tertiary alicyclic amines) is 1. The summed E-state index contributed by atoms with van der Waals surface area (Å²) in [7, 11) is 3.37. The fourth-order valence-electron chi connectivity index (χ4n) is 3.17. The van der Waals surface area contributed by atoms with E-state index in [0.29, 0.717) is 17.7 Å². The Morgan fingerprint density at radius 1 is 1.33 bits per heavy atom. The Balaban J connectivity index is 1.90. The second-order valence-corrected chi connectivity index (χ2v) is 6.01. The van der Waals surface area contributed by atoms with E-state index >= 15 is 0 Å². The zero-order valence-corrected chi connectivity index (χ0v) is 13.6. The molecule has 7 heteroatoms. The number of amides is 2. The van der Waals surface area contributed by atoms with Crippen LogP contribution >= 0.6 is 0 Å². The maximum atomic E-state index is 14.3. The third kappa shape index (κ3) is 3.02. The molecule has 3 rings (SSSR count). The van der Waals surface area contributed by atoms with Crippen LogP contribution in [0.4, 0.5) is 10.1 Å².